The minimum atomic E-state index is 0.0293. The third kappa shape index (κ3) is 5.54. The molecule has 0 radical (unpaired) electrons. The summed E-state index contributed by atoms with van der Waals surface area (Å²) in [4.78, 5) is 22.6. The molecule has 4 nitrogen and oxygen atoms in total. The average Bonchev–Trinajstić information content (AvgIpc) is 2.58. The summed E-state index contributed by atoms with van der Waals surface area (Å²) in [7, 11) is 0. The van der Waals surface area contributed by atoms with Crippen molar-refractivity contribution in [3.8, 4) is 11.5 Å². The van der Waals surface area contributed by atoms with E-state index < -0.39 is 0 Å². The van der Waals surface area contributed by atoms with E-state index in [2.05, 4.69) is 0 Å². The van der Waals surface area contributed by atoms with Crippen LogP contribution in [-0.4, -0.2) is 24.8 Å². The van der Waals surface area contributed by atoms with Crippen molar-refractivity contribution in [3.63, 3.8) is 0 Å². The van der Waals surface area contributed by atoms with E-state index in [1.165, 1.54) is 13.8 Å². The summed E-state index contributed by atoms with van der Waals surface area (Å²) < 4.78 is 11.3. The number of rotatable bonds is 9. The average molecular weight is 326 g/mol. The third-order valence-electron chi connectivity index (χ3n) is 3.56. The monoisotopic (exact) mass is 326 g/mol. The minimum Gasteiger partial charge on any atom is -0.494 e. The van der Waals surface area contributed by atoms with Crippen molar-refractivity contribution < 1.29 is 19.1 Å². The standard InChI is InChI=1S/C20H22O4/c1-15(21)17-7-5-9-19(13-17)23-11-3-4-12-24-20-10-6-8-18(14-20)16(2)22/h5-10,13-14H,3-4,11-12H2,1-2H3. The number of ether oxygens (including phenoxy) is 2. The van der Waals surface area contributed by atoms with Gasteiger partial charge in [-0.05, 0) is 51.0 Å². The zero-order valence-corrected chi connectivity index (χ0v) is 14.1. The first-order valence-electron chi connectivity index (χ1n) is 8.04. The molecule has 0 unspecified atom stereocenters. The van der Waals surface area contributed by atoms with Crippen molar-refractivity contribution in [1.82, 2.24) is 0 Å². The van der Waals surface area contributed by atoms with Gasteiger partial charge in [-0.25, -0.2) is 0 Å². The van der Waals surface area contributed by atoms with Crippen LogP contribution in [0.15, 0.2) is 48.5 Å². The molecule has 4 heteroatoms. The highest BCUT2D eigenvalue weighted by atomic mass is 16.5. The van der Waals surface area contributed by atoms with Gasteiger partial charge in [-0.15, -0.1) is 0 Å². The van der Waals surface area contributed by atoms with E-state index in [1.54, 1.807) is 24.3 Å². The molecule has 0 spiro atoms. The van der Waals surface area contributed by atoms with Crippen LogP contribution in [-0.2, 0) is 0 Å². The summed E-state index contributed by atoms with van der Waals surface area (Å²) >= 11 is 0. The molecule has 2 aromatic rings. The van der Waals surface area contributed by atoms with Crippen LogP contribution in [0.25, 0.3) is 0 Å². The van der Waals surface area contributed by atoms with Crippen molar-refractivity contribution in [2.45, 2.75) is 26.7 Å². The SMILES string of the molecule is CC(=O)c1cccc(OCCCCOc2cccc(C(C)=O)c2)c1. The maximum atomic E-state index is 11.3. The molecule has 0 saturated heterocycles. The van der Waals surface area contributed by atoms with Gasteiger partial charge < -0.3 is 9.47 Å². The van der Waals surface area contributed by atoms with Crippen molar-refractivity contribution in [1.29, 1.82) is 0 Å². The molecule has 0 N–H and O–H groups in total. The van der Waals surface area contributed by atoms with Gasteiger partial charge in [0.1, 0.15) is 11.5 Å². The maximum absolute atomic E-state index is 11.3. The lowest BCUT2D eigenvalue weighted by Crippen LogP contribution is -2.03. The van der Waals surface area contributed by atoms with Crippen LogP contribution in [0.5, 0.6) is 11.5 Å². The van der Waals surface area contributed by atoms with Crippen LogP contribution < -0.4 is 9.47 Å². The zero-order valence-electron chi connectivity index (χ0n) is 14.1. The normalized spacial score (nSPS) is 10.2. The van der Waals surface area contributed by atoms with Crippen LogP contribution in [0.4, 0.5) is 0 Å². The van der Waals surface area contributed by atoms with Gasteiger partial charge in [0, 0.05) is 11.1 Å². The second-order valence-electron chi connectivity index (χ2n) is 5.57. The van der Waals surface area contributed by atoms with Crippen LogP contribution in [0.1, 0.15) is 47.4 Å². The first-order chi connectivity index (χ1) is 11.6. The molecule has 0 aliphatic carbocycles. The lowest BCUT2D eigenvalue weighted by molar-refractivity contribution is 0.100. The summed E-state index contributed by atoms with van der Waals surface area (Å²) in [6.45, 7) is 4.21. The van der Waals surface area contributed by atoms with E-state index in [-0.39, 0.29) is 11.6 Å². The van der Waals surface area contributed by atoms with Crippen LogP contribution >= 0.6 is 0 Å². The third-order valence-corrected chi connectivity index (χ3v) is 3.56. The van der Waals surface area contributed by atoms with Gasteiger partial charge in [-0.3, -0.25) is 9.59 Å². The van der Waals surface area contributed by atoms with E-state index in [0.29, 0.717) is 35.8 Å². The largest absolute Gasteiger partial charge is 0.494 e. The van der Waals surface area contributed by atoms with Crippen molar-refractivity contribution >= 4 is 11.6 Å². The summed E-state index contributed by atoms with van der Waals surface area (Å²) in [5.41, 5.74) is 1.31. The van der Waals surface area contributed by atoms with E-state index in [1.807, 2.05) is 24.3 Å². The van der Waals surface area contributed by atoms with Crippen molar-refractivity contribution in [2.75, 3.05) is 13.2 Å². The van der Waals surface area contributed by atoms with Gasteiger partial charge in [0.25, 0.3) is 0 Å². The maximum Gasteiger partial charge on any atom is 0.159 e. The van der Waals surface area contributed by atoms with Crippen LogP contribution in [0, 0.1) is 0 Å². The Labute approximate surface area is 142 Å². The van der Waals surface area contributed by atoms with Crippen molar-refractivity contribution in [3.05, 3.63) is 59.7 Å². The molecule has 0 heterocycles. The Morgan fingerprint density at radius 1 is 0.750 bits per heavy atom. The Hall–Kier alpha value is -2.62. The molecule has 2 aromatic carbocycles. The van der Waals surface area contributed by atoms with E-state index >= 15 is 0 Å². The fourth-order valence-electron chi connectivity index (χ4n) is 2.19. The number of unbranched alkanes of at least 4 members (excludes halogenated alkanes) is 1. The van der Waals surface area contributed by atoms with Gasteiger partial charge in [0.05, 0.1) is 13.2 Å². The van der Waals surface area contributed by atoms with Crippen LogP contribution in [0.3, 0.4) is 0 Å². The number of Topliss-reactive ketones (excluding diaryl/α,β-unsaturated/α-hetero) is 2. The Morgan fingerprint density at radius 3 is 1.54 bits per heavy atom. The number of hydrogen-bond donors (Lipinski definition) is 0. The fraction of sp³-hybridized carbons (Fsp3) is 0.300. The lowest BCUT2D eigenvalue weighted by atomic mass is 10.1. The first-order valence-corrected chi connectivity index (χ1v) is 8.04. The predicted molar refractivity (Wildman–Crippen MR) is 93.1 cm³/mol. The molecule has 126 valence electrons. The quantitative estimate of drug-likeness (QED) is 0.508. The number of ketones is 2. The zero-order chi connectivity index (χ0) is 17.4. The Bertz CT molecular complexity index is 645. The molecule has 0 aliphatic rings. The molecule has 0 fully saturated rings. The van der Waals surface area contributed by atoms with E-state index in [0.717, 1.165) is 12.8 Å². The molecule has 2 rings (SSSR count). The smallest absolute Gasteiger partial charge is 0.159 e. The number of hydrogen-bond acceptors (Lipinski definition) is 4. The van der Waals surface area contributed by atoms with Gasteiger partial charge in [-0.2, -0.15) is 0 Å². The highest BCUT2D eigenvalue weighted by molar-refractivity contribution is 5.94. The lowest BCUT2D eigenvalue weighted by Gasteiger charge is -2.09. The molecule has 0 amide bonds. The molecule has 0 aromatic heterocycles. The second kappa shape index (κ2) is 8.87. The summed E-state index contributed by atoms with van der Waals surface area (Å²) in [5, 5.41) is 0. The molecular weight excluding hydrogens is 304 g/mol. The number of carbonyl (C=O) groups excluding carboxylic acids is 2. The molecule has 24 heavy (non-hydrogen) atoms. The van der Waals surface area contributed by atoms with E-state index in [9.17, 15) is 9.59 Å². The molecular formula is C20H22O4. The van der Waals surface area contributed by atoms with E-state index in [4.69, 9.17) is 9.47 Å². The molecule has 0 atom stereocenters. The van der Waals surface area contributed by atoms with Gasteiger partial charge in [0.15, 0.2) is 11.6 Å². The molecule has 0 bridgehead atoms. The highest BCUT2D eigenvalue weighted by Crippen LogP contribution is 2.15. The Kier molecular flexibility index (Phi) is 6.55. The number of benzene rings is 2. The summed E-state index contributed by atoms with van der Waals surface area (Å²) in [6, 6.07) is 14.4. The predicted octanol–water partition coefficient (Wildman–Crippen LogP) is 4.33. The minimum absolute atomic E-state index is 0.0293. The van der Waals surface area contributed by atoms with Crippen molar-refractivity contribution in [2.24, 2.45) is 0 Å². The van der Waals surface area contributed by atoms with Gasteiger partial charge in [-0.1, -0.05) is 24.3 Å². The molecule has 0 aliphatic heterocycles. The van der Waals surface area contributed by atoms with Gasteiger partial charge >= 0.3 is 0 Å². The molecule has 0 saturated carbocycles. The summed E-state index contributed by atoms with van der Waals surface area (Å²) in [5.74, 6) is 1.47. The summed E-state index contributed by atoms with van der Waals surface area (Å²) in [6.07, 6.45) is 1.69. The topological polar surface area (TPSA) is 52.6 Å². The second-order valence-corrected chi connectivity index (χ2v) is 5.57. The Balaban J connectivity index is 1.68. The number of carbonyl (C=O) groups is 2. The highest BCUT2D eigenvalue weighted by Gasteiger charge is 2.02. The first kappa shape index (κ1) is 17.7. The Morgan fingerprint density at radius 2 is 1.17 bits per heavy atom. The fourth-order valence-corrected chi connectivity index (χ4v) is 2.19. The van der Waals surface area contributed by atoms with Gasteiger partial charge in [0.2, 0.25) is 0 Å². The van der Waals surface area contributed by atoms with Crippen LogP contribution in [0.2, 0.25) is 0 Å².